The summed E-state index contributed by atoms with van der Waals surface area (Å²) < 4.78 is 13.5. The normalized spacial score (nSPS) is 13.8. The molecule has 0 spiro atoms. The standard InChI is InChI=1S/C18H18FNOS/c19-16-7-3-4-8-17(16)22-12-10-18(21)20-11-9-14-5-1-2-6-15(14)13-20/h1-8H,9-13H2. The van der Waals surface area contributed by atoms with Crippen molar-refractivity contribution in [2.45, 2.75) is 24.3 Å². The second-order valence-corrected chi connectivity index (χ2v) is 6.50. The Bertz CT molecular complexity index is 674. The van der Waals surface area contributed by atoms with Crippen LogP contribution in [0.25, 0.3) is 0 Å². The minimum Gasteiger partial charge on any atom is -0.338 e. The summed E-state index contributed by atoms with van der Waals surface area (Å²) >= 11 is 1.40. The molecule has 0 saturated carbocycles. The van der Waals surface area contributed by atoms with Gasteiger partial charge in [-0.3, -0.25) is 4.79 Å². The van der Waals surface area contributed by atoms with E-state index < -0.39 is 0 Å². The molecule has 1 amide bonds. The Labute approximate surface area is 134 Å². The van der Waals surface area contributed by atoms with Crippen molar-refractivity contribution in [3.8, 4) is 0 Å². The number of rotatable bonds is 4. The molecule has 2 aromatic carbocycles. The van der Waals surface area contributed by atoms with Crippen molar-refractivity contribution in [1.82, 2.24) is 4.90 Å². The first-order chi connectivity index (χ1) is 10.7. The molecule has 0 radical (unpaired) electrons. The van der Waals surface area contributed by atoms with E-state index in [-0.39, 0.29) is 11.7 Å². The van der Waals surface area contributed by atoms with Gasteiger partial charge in [-0.2, -0.15) is 0 Å². The van der Waals surface area contributed by atoms with Crippen LogP contribution >= 0.6 is 11.8 Å². The first kappa shape index (κ1) is 15.1. The largest absolute Gasteiger partial charge is 0.338 e. The zero-order chi connectivity index (χ0) is 15.4. The highest BCUT2D eigenvalue weighted by molar-refractivity contribution is 7.99. The molecule has 0 saturated heterocycles. The molecule has 1 aliphatic rings. The molecule has 1 heterocycles. The topological polar surface area (TPSA) is 20.3 Å². The predicted molar refractivity (Wildman–Crippen MR) is 87.3 cm³/mol. The van der Waals surface area contributed by atoms with Crippen LogP contribution in [0.3, 0.4) is 0 Å². The fourth-order valence-corrected chi connectivity index (χ4v) is 3.55. The van der Waals surface area contributed by atoms with E-state index >= 15 is 0 Å². The number of hydrogen-bond donors (Lipinski definition) is 0. The smallest absolute Gasteiger partial charge is 0.223 e. The van der Waals surface area contributed by atoms with Crippen LogP contribution in [0, 0.1) is 5.82 Å². The number of halogens is 1. The Morgan fingerprint density at radius 1 is 1.09 bits per heavy atom. The molecule has 0 bridgehead atoms. The van der Waals surface area contributed by atoms with Gasteiger partial charge in [0.2, 0.25) is 5.91 Å². The van der Waals surface area contributed by atoms with Crippen molar-refractivity contribution in [2.75, 3.05) is 12.3 Å². The van der Waals surface area contributed by atoms with Gasteiger partial charge in [-0.15, -0.1) is 11.8 Å². The highest BCUT2D eigenvalue weighted by atomic mass is 32.2. The molecule has 4 heteroatoms. The lowest BCUT2D eigenvalue weighted by atomic mass is 10.00. The summed E-state index contributed by atoms with van der Waals surface area (Å²) in [5, 5.41) is 0. The van der Waals surface area contributed by atoms with Gasteiger partial charge in [0.05, 0.1) is 0 Å². The molecule has 2 nitrogen and oxygen atoms in total. The molecular weight excluding hydrogens is 297 g/mol. The lowest BCUT2D eigenvalue weighted by molar-refractivity contribution is -0.131. The summed E-state index contributed by atoms with van der Waals surface area (Å²) in [7, 11) is 0. The van der Waals surface area contributed by atoms with Crippen molar-refractivity contribution < 1.29 is 9.18 Å². The van der Waals surface area contributed by atoms with Crippen LogP contribution in [0.1, 0.15) is 17.5 Å². The number of fused-ring (bicyclic) bond motifs is 1. The minimum atomic E-state index is -0.216. The van der Waals surface area contributed by atoms with E-state index in [1.165, 1.54) is 29.0 Å². The first-order valence-electron chi connectivity index (χ1n) is 7.46. The number of carbonyl (C=O) groups excluding carboxylic acids is 1. The number of amides is 1. The van der Waals surface area contributed by atoms with Crippen LogP contribution in [0.2, 0.25) is 0 Å². The van der Waals surface area contributed by atoms with E-state index in [0.717, 1.165) is 13.0 Å². The number of carbonyl (C=O) groups is 1. The van der Waals surface area contributed by atoms with Crippen LogP contribution in [-0.4, -0.2) is 23.1 Å². The van der Waals surface area contributed by atoms with Gasteiger partial charge in [0.1, 0.15) is 5.82 Å². The van der Waals surface area contributed by atoms with Crippen molar-refractivity contribution in [2.24, 2.45) is 0 Å². The Kier molecular flexibility index (Phi) is 4.78. The maximum atomic E-state index is 13.5. The maximum absolute atomic E-state index is 13.5. The third-order valence-electron chi connectivity index (χ3n) is 3.89. The van der Waals surface area contributed by atoms with E-state index in [0.29, 0.717) is 23.6 Å². The quantitative estimate of drug-likeness (QED) is 0.798. The molecular formula is C18H18FNOS. The van der Waals surface area contributed by atoms with Crippen LogP contribution in [0.15, 0.2) is 53.4 Å². The van der Waals surface area contributed by atoms with Crippen LogP contribution < -0.4 is 0 Å². The van der Waals surface area contributed by atoms with Gasteiger partial charge in [-0.1, -0.05) is 36.4 Å². The van der Waals surface area contributed by atoms with Gasteiger partial charge in [-0.25, -0.2) is 4.39 Å². The first-order valence-corrected chi connectivity index (χ1v) is 8.44. The Hall–Kier alpha value is -1.81. The number of hydrogen-bond acceptors (Lipinski definition) is 2. The second-order valence-electron chi connectivity index (χ2n) is 5.36. The molecule has 0 atom stereocenters. The second kappa shape index (κ2) is 6.97. The summed E-state index contributed by atoms with van der Waals surface area (Å²) in [6.07, 6.45) is 1.36. The molecule has 1 aliphatic heterocycles. The number of thioether (sulfide) groups is 1. The number of benzene rings is 2. The molecule has 0 fully saturated rings. The molecule has 3 rings (SSSR count). The van der Waals surface area contributed by atoms with Gasteiger partial charge in [0.15, 0.2) is 0 Å². The average Bonchev–Trinajstić information content (AvgIpc) is 2.56. The highest BCUT2D eigenvalue weighted by Crippen LogP contribution is 2.23. The maximum Gasteiger partial charge on any atom is 0.223 e. The van der Waals surface area contributed by atoms with Gasteiger partial charge < -0.3 is 4.90 Å². The molecule has 0 N–H and O–H groups in total. The van der Waals surface area contributed by atoms with Crippen LogP contribution in [-0.2, 0) is 17.8 Å². The summed E-state index contributed by atoms with van der Waals surface area (Å²) in [5.41, 5.74) is 2.58. The van der Waals surface area contributed by atoms with E-state index in [1.807, 2.05) is 23.1 Å². The molecule has 0 aliphatic carbocycles. The summed E-state index contributed by atoms with van der Waals surface area (Å²) in [6.45, 7) is 1.47. The van der Waals surface area contributed by atoms with Gasteiger partial charge >= 0.3 is 0 Å². The monoisotopic (exact) mass is 315 g/mol. The minimum absolute atomic E-state index is 0.151. The number of nitrogens with zero attached hydrogens (tertiary/aromatic N) is 1. The van der Waals surface area contributed by atoms with Gasteiger partial charge in [0.25, 0.3) is 0 Å². The van der Waals surface area contributed by atoms with Gasteiger partial charge in [-0.05, 0) is 29.7 Å². The average molecular weight is 315 g/mol. The predicted octanol–water partition coefficient (Wildman–Crippen LogP) is 3.89. The Morgan fingerprint density at radius 2 is 1.82 bits per heavy atom. The molecule has 2 aromatic rings. The van der Waals surface area contributed by atoms with Crippen LogP contribution in [0.5, 0.6) is 0 Å². The van der Waals surface area contributed by atoms with Crippen molar-refractivity contribution in [1.29, 1.82) is 0 Å². The summed E-state index contributed by atoms with van der Waals surface area (Å²) in [5.74, 6) is 0.544. The third-order valence-corrected chi connectivity index (χ3v) is 4.94. The van der Waals surface area contributed by atoms with E-state index in [2.05, 4.69) is 12.1 Å². The highest BCUT2D eigenvalue weighted by Gasteiger charge is 2.19. The summed E-state index contributed by atoms with van der Waals surface area (Å²) in [6, 6.07) is 15.0. The lowest BCUT2D eigenvalue weighted by Gasteiger charge is -2.28. The fraction of sp³-hybridized carbons (Fsp3) is 0.278. The molecule has 114 valence electrons. The fourth-order valence-electron chi connectivity index (χ4n) is 2.68. The molecule has 0 unspecified atom stereocenters. The zero-order valence-electron chi connectivity index (χ0n) is 12.3. The van der Waals surface area contributed by atoms with Gasteiger partial charge in [0, 0.05) is 30.2 Å². The van der Waals surface area contributed by atoms with Crippen molar-refractivity contribution in [3.05, 3.63) is 65.5 Å². The van der Waals surface area contributed by atoms with Crippen molar-refractivity contribution in [3.63, 3.8) is 0 Å². The summed E-state index contributed by atoms with van der Waals surface area (Å²) in [4.78, 5) is 14.8. The molecule has 22 heavy (non-hydrogen) atoms. The van der Waals surface area contributed by atoms with Crippen molar-refractivity contribution >= 4 is 17.7 Å². The van der Waals surface area contributed by atoms with E-state index in [4.69, 9.17) is 0 Å². The third kappa shape index (κ3) is 3.50. The SMILES string of the molecule is O=C(CCSc1ccccc1F)N1CCc2ccccc2C1. The molecule has 0 aromatic heterocycles. The Morgan fingerprint density at radius 3 is 2.64 bits per heavy atom. The van der Waals surface area contributed by atoms with E-state index in [1.54, 1.807) is 12.1 Å². The lowest BCUT2D eigenvalue weighted by Crippen LogP contribution is -2.36. The van der Waals surface area contributed by atoms with Crippen LogP contribution in [0.4, 0.5) is 4.39 Å². The van der Waals surface area contributed by atoms with E-state index in [9.17, 15) is 9.18 Å². The Balaban J connectivity index is 1.52. The zero-order valence-corrected chi connectivity index (χ0v) is 13.1.